The quantitative estimate of drug-likeness (QED) is 0.525. The number of allylic oxidation sites excluding steroid dienone is 3. The summed E-state index contributed by atoms with van der Waals surface area (Å²) in [6.45, 7) is 0. The fourth-order valence-corrected chi connectivity index (χ4v) is 2.28. The molecular formula is C12H12S2. The summed E-state index contributed by atoms with van der Waals surface area (Å²) in [5.74, 6) is 0.236. The number of rotatable bonds is 1. The van der Waals surface area contributed by atoms with Crippen molar-refractivity contribution in [3.63, 3.8) is 0 Å². The first-order chi connectivity index (χ1) is 6.70. The zero-order valence-corrected chi connectivity index (χ0v) is 9.46. The molecule has 0 saturated carbocycles. The van der Waals surface area contributed by atoms with Crippen LogP contribution in [-0.4, -0.2) is 4.08 Å². The van der Waals surface area contributed by atoms with E-state index in [4.69, 9.17) is 0 Å². The lowest BCUT2D eigenvalue weighted by Gasteiger charge is -2.29. The molecule has 0 fully saturated rings. The van der Waals surface area contributed by atoms with Gasteiger partial charge in [0.1, 0.15) is 0 Å². The molecule has 1 unspecified atom stereocenters. The van der Waals surface area contributed by atoms with E-state index in [0.29, 0.717) is 0 Å². The van der Waals surface area contributed by atoms with E-state index in [-0.39, 0.29) is 10.00 Å². The standard InChI is InChI=1S/C12H12S2/c13-12(14)9-5-4-8-11(12)10-6-2-1-3-7-10/h1-9,11,13-14H. The molecule has 2 heteroatoms. The van der Waals surface area contributed by atoms with Gasteiger partial charge in [0.25, 0.3) is 0 Å². The van der Waals surface area contributed by atoms with Gasteiger partial charge in [-0.15, -0.1) is 0 Å². The average molecular weight is 220 g/mol. The molecule has 1 atom stereocenters. The fourth-order valence-electron chi connectivity index (χ4n) is 1.63. The number of hydrogen-bond acceptors (Lipinski definition) is 2. The van der Waals surface area contributed by atoms with Crippen LogP contribution in [0.5, 0.6) is 0 Å². The molecular weight excluding hydrogens is 208 g/mol. The van der Waals surface area contributed by atoms with Gasteiger partial charge in [-0.25, -0.2) is 0 Å². The van der Waals surface area contributed by atoms with Crippen LogP contribution >= 0.6 is 25.3 Å². The molecule has 0 saturated heterocycles. The lowest BCUT2D eigenvalue weighted by molar-refractivity contribution is 0.834. The van der Waals surface area contributed by atoms with Gasteiger partial charge in [0, 0.05) is 5.92 Å². The van der Waals surface area contributed by atoms with Gasteiger partial charge < -0.3 is 0 Å². The van der Waals surface area contributed by atoms with E-state index in [2.05, 4.69) is 43.5 Å². The Kier molecular flexibility index (Phi) is 2.75. The molecule has 1 aliphatic rings. The van der Waals surface area contributed by atoms with E-state index in [1.54, 1.807) is 0 Å². The van der Waals surface area contributed by atoms with Crippen molar-refractivity contribution in [2.75, 3.05) is 0 Å². The smallest absolute Gasteiger partial charge is 0.0839 e. The first-order valence-corrected chi connectivity index (χ1v) is 5.45. The monoisotopic (exact) mass is 220 g/mol. The highest BCUT2D eigenvalue weighted by molar-refractivity contribution is 8.01. The molecule has 0 amide bonds. The van der Waals surface area contributed by atoms with Gasteiger partial charge >= 0.3 is 0 Å². The number of hydrogen-bond donors (Lipinski definition) is 2. The third-order valence-corrected chi connectivity index (χ3v) is 3.23. The minimum absolute atomic E-state index is 0.236. The Balaban J connectivity index is 2.36. The summed E-state index contributed by atoms with van der Waals surface area (Å²) >= 11 is 9.10. The summed E-state index contributed by atoms with van der Waals surface area (Å²) in [6.07, 6.45) is 8.17. The molecule has 2 rings (SSSR count). The first kappa shape index (κ1) is 9.94. The van der Waals surface area contributed by atoms with Gasteiger partial charge in [-0.3, -0.25) is 0 Å². The van der Waals surface area contributed by atoms with Crippen molar-refractivity contribution in [3.05, 3.63) is 60.2 Å². The molecule has 0 nitrogen and oxygen atoms in total. The Morgan fingerprint density at radius 2 is 1.71 bits per heavy atom. The molecule has 0 bridgehead atoms. The van der Waals surface area contributed by atoms with Crippen LogP contribution in [0.15, 0.2) is 54.6 Å². The molecule has 1 aromatic rings. The minimum Gasteiger partial charge on any atom is -0.157 e. The lowest BCUT2D eigenvalue weighted by Crippen LogP contribution is -2.21. The Morgan fingerprint density at radius 3 is 2.36 bits per heavy atom. The van der Waals surface area contributed by atoms with Gasteiger partial charge in [-0.2, -0.15) is 25.3 Å². The van der Waals surface area contributed by atoms with Crippen LogP contribution in [0.2, 0.25) is 0 Å². The van der Waals surface area contributed by atoms with Crippen LogP contribution in [0, 0.1) is 0 Å². The van der Waals surface area contributed by atoms with Crippen molar-refractivity contribution in [1.29, 1.82) is 0 Å². The topological polar surface area (TPSA) is 0 Å². The predicted octanol–water partition coefficient (Wildman–Crippen LogP) is 3.45. The van der Waals surface area contributed by atoms with Gasteiger partial charge in [0.2, 0.25) is 0 Å². The van der Waals surface area contributed by atoms with Crippen LogP contribution in [-0.2, 0) is 0 Å². The maximum Gasteiger partial charge on any atom is 0.0839 e. The SMILES string of the molecule is SC1(S)C=CC=CC1c1ccccc1. The third kappa shape index (κ3) is 1.91. The average Bonchev–Trinajstić information content (AvgIpc) is 2.18. The van der Waals surface area contributed by atoms with E-state index in [0.717, 1.165) is 0 Å². The number of benzene rings is 1. The summed E-state index contributed by atoms with van der Waals surface area (Å²) in [6, 6.07) is 10.3. The maximum atomic E-state index is 4.55. The molecule has 0 aromatic heterocycles. The van der Waals surface area contributed by atoms with Crippen LogP contribution < -0.4 is 0 Å². The van der Waals surface area contributed by atoms with Crippen molar-refractivity contribution in [2.45, 2.75) is 10.00 Å². The first-order valence-electron chi connectivity index (χ1n) is 4.56. The minimum atomic E-state index is -0.379. The van der Waals surface area contributed by atoms with Crippen LogP contribution in [0.3, 0.4) is 0 Å². The third-order valence-electron chi connectivity index (χ3n) is 2.37. The van der Waals surface area contributed by atoms with E-state index >= 15 is 0 Å². The van der Waals surface area contributed by atoms with E-state index in [9.17, 15) is 0 Å². The number of thiol groups is 2. The molecule has 72 valence electrons. The summed E-state index contributed by atoms with van der Waals surface area (Å²) in [4.78, 5) is 0. The van der Waals surface area contributed by atoms with E-state index in [1.807, 2.05) is 36.4 Å². The van der Waals surface area contributed by atoms with Gasteiger partial charge in [-0.1, -0.05) is 54.6 Å². The molecule has 0 N–H and O–H groups in total. The highest BCUT2D eigenvalue weighted by atomic mass is 32.2. The fraction of sp³-hybridized carbons (Fsp3) is 0.167. The molecule has 0 spiro atoms. The van der Waals surface area contributed by atoms with Crippen LogP contribution in [0.1, 0.15) is 11.5 Å². The van der Waals surface area contributed by atoms with Crippen molar-refractivity contribution in [3.8, 4) is 0 Å². The molecule has 0 radical (unpaired) electrons. The van der Waals surface area contributed by atoms with Crippen molar-refractivity contribution in [2.24, 2.45) is 0 Å². The predicted molar refractivity (Wildman–Crippen MR) is 68.2 cm³/mol. The summed E-state index contributed by atoms with van der Waals surface area (Å²) in [7, 11) is 0. The highest BCUT2D eigenvalue weighted by Gasteiger charge is 2.29. The summed E-state index contributed by atoms with van der Waals surface area (Å²) in [5.41, 5.74) is 1.25. The van der Waals surface area contributed by atoms with Crippen LogP contribution in [0.25, 0.3) is 0 Å². The second kappa shape index (κ2) is 3.87. The summed E-state index contributed by atoms with van der Waals surface area (Å²) in [5, 5.41) is 0. The Morgan fingerprint density at radius 1 is 1.00 bits per heavy atom. The molecule has 14 heavy (non-hydrogen) atoms. The second-order valence-corrected chi connectivity index (χ2v) is 5.25. The lowest BCUT2D eigenvalue weighted by atomic mass is 9.91. The normalized spacial score (nSPS) is 23.7. The largest absolute Gasteiger partial charge is 0.157 e. The molecule has 0 heterocycles. The Bertz CT molecular complexity index is 363. The zero-order chi connectivity index (χ0) is 10.0. The second-order valence-electron chi connectivity index (χ2n) is 3.42. The van der Waals surface area contributed by atoms with Crippen molar-refractivity contribution < 1.29 is 0 Å². The highest BCUT2D eigenvalue weighted by Crippen LogP contribution is 2.41. The summed E-state index contributed by atoms with van der Waals surface area (Å²) < 4.78 is -0.379. The van der Waals surface area contributed by atoms with E-state index < -0.39 is 0 Å². The van der Waals surface area contributed by atoms with Gasteiger partial charge in [0.15, 0.2) is 0 Å². The van der Waals surface area contributed by atoms with Gasteiger partial charge in [-0.05, 0) is 5.56 Å². The Hall–Kier alpha value is -0.600. The van der Waals surface area contributed by atoms with Crippen molar-refractivity contribution in [1.82, 2.24) is 0 Å². The molecule has 1 aromatic carbocycles. The molecule has 0 aliphatic heterocycles. The molecule has 1 aliphatic carbocycles. The zero-order valence-electron chi connectivity index (χ0n) is 7.67. The van der Waals surface area contributed by atoms with Gasteiger partial charge in [0.05, 0.1) is 4.08 Å². The van der Waals surface area contributed by atoms with Crippen molar-refractivity contribution >= 4 is 25.3 Å². The van der Waals surface area contributed by atoms with E-state index in [1.165, 1.54) is 5.56 Å². The Labute approximate surface area is 95.5 Å². The maximum absolute atomic E-state index is 4.55. The van der Waals surface area contributed by atoms with Crippen LogP contribution in [0.4, 0.5) is 0 Å².